The molecular formula is C16H27N4O2S2+. The summed E-state index contributed by atoms with van der Waals surface area (Å²) in [5.41, 5.74) is 0. The number of rotatable bonds is 7. The molecule has 2 N–H and O–H groups in total. The van der Waals surface area contributed by atoms with Gasteiger partial charge in [0.15, 0.2) is 11.6 Å². The Labute approximate surface area is 153 Å². The molecule has 2 unspecified atom stereocenters. The lowest BCUT2D eigenvalue weighted by molar-refractivity contribution is -0.125. The van der Waals surface area contributed by atoms with E-state index in [1.54, 1.807) is 0 Å². The normalized spacial score (nSPS) is 24.3. The first-order chi connectivity index (χ1) is 11.5. The maximum Gasteiger partial charge on any atom is 0.313 e. The van der Waals surface area contributed by atoms with Gasteiger partial charge in [-0.3, -0.25) is 9.72 Å². The van der Waals surface area contributed by atoms with Crippen molar-refractivity contribution in [1.82, 2.24) is 19.4 Å². The molecule has 2 atom stereocenters. The number of aromatic amines is 2. The van der Waals surface area contributed by atoms with Gasteiger partial charge in [0, 0.05) is 6.42 Å². The van der Waals surface area contributed by atoms with Crippen LogP contribution in [-0.2, 0) is 9.47 Å². The molecule has 1 aromatic heterocycles. The Hall–Kier alpha value is -1.09. The molecule has 8 heteroatoms. The van der Waals surface area contributed by atoms with Gasteiger partial charge in [-0.25, -0.2) is 4.48 Å². The fourth-order valence-corrected chi connectivity index (χ4v) is 3.76. The van der Waals surface area contributed by atoms with Crippen molar-refractivity contribution in [3.05, 3.63) is 21.9 Å². The van der Waals surface area contributed by atoms with E-state index in [2.05, 4.69) is 28.5 Å². The van der Waals surface area contributed by atoms with Crippen LogP contribution in [0.4, 0.5) is 5.95 Å². The molecule has 0 radical (unpaired) electrons. The number of hydrogen-bond donors (Lipinski definition) is 2. The Morgan fingerprint density at radius 2 is 2.12 bits per heavy atom. The van der Waals surface area contributed by atoms with E-state index in [0.717, 1.165) is 44.7 Å². The fourth-order valence-electron chi connectivity index (χ4n) is 3.32. The Morgan fingerprint density at radius 3 is 2.79 bits per heavy atom. The molecule has 1 aromatic rings. The van der Waals surface area contributed by atoms with E-state index in [-0.39, 0.29) is 13.0 Å². The smallest absolute Gasteiger partial charge is 0.313 e. The average molecular weight is 372 g/mol. The number of nitrogens with one attached hydrogen (secondary N) is 2. The number of allylic oxidation sites excluding steroid dienone is 1. The SMILES string of the molecule is C=C(C)OCOC1CCCCC[N+]1(CCC)c1nc(=S)[nH]c(=S)[nH]1. The Morgan fingerprint density at radius 1 is 1.33 bits per heavy atom. The highest BCUT2D eigenvalue weighted by atomic mass is 32.1. The van der Waals surface area contributed by atoms with Gasteiger partial charge in [0.25, 0.3) is 0 Å². The number of likely N-dealkylation sites (tertiary alicyclic amines) is 1. The topological polar surface area (TPSA) is 62.9 Å². The monoisotopic (exact) mass is 371 g/mol. The van der Waals surface area contributed by atoms with E-state index in [1.165, 1.54) is 6.42 Å². The molecular weight excluding hydrogens is 344 g/mol. The maximum atomic E-state index is 6.13. The zero-order valence-electron chi connectivity index (χ0n) is 14.5. The van der Waals surface area contributed by atoms with Crippen LogP contribution in [0.25, 0.3) is 0 Å². The van der Waals surface area contributed by atoms with Crippen LogP contribution in [0.15, 0.2) is 12.3 Å². The molecule has 1 fully saturated rings. The van der Waals surface area contributed by atoms with Crippen LogP contribution in [0.1, 0.15) is 46.0 Å². The minimum absolute atomic E-state index is 0.0400. The number of nitrogens with zero attached hydrogens (tertiary/aromatic N) is 2. The molecule has 0 aromatic carbocycles. The molecule has 0 aliphatic carbocycles. The third kappa shape index (κ3) is 4.72. The van der Waals surface area contributed by atoms with Crippen molar-refractivity contribution in [3.8, 4) is 0 Å². The first-order valence-electron chi connectivity index (χ1n) is 8.46. The zero-order chi connectivity index (χ0) is 17.6. The van der Waals surface area contributed by atoms with E-state index in [4.69, 9.17) is 33.9 Å². The van der Waals surface area contributed by atoms with Crippen molar-refractivity contribution >= 4 is 30.4 Å². The molecule has 2 rings (SSSR count). The summed E-state index contributed by atoms with van der Waals surface area (Å²) in [5.74, 6) is 1.43. The Kier molecular flexibility index (Phi) is 7.09. The van der Waals surface area contributed by atoms with Crippen LogP contribution in [-0.4, -0.2) is 41.1 Å². The molecule has 0 amide bonds. The predicted molar refractivity (Wildman–Crippen MR) is 101 cm³/mol. The van der Waals surface area contributed by atoms with Gasteiger partial charge in [0.2, 0.25) is 11.0 Å². The van der Waals surface area contributed by atoms with Crippen molar-refractivity contribution < 1.29 is 9.47 Å². The molecule has 1 aliphatic heterocycles. The lowest BCUT2D eigenvalue weighted by atomic mass is 10.2. The fraction of sp³-hybridized carbons (Fsp3) is 0.688. The van der Waals surface area contributed by atoms with Crippen LogP contribution < -0.4 is 4.48 Å². The Bertz CT molecular complexity index is 644. The third-order valence-corrected chi connectivity index (χ3v) is 4.72. The van der Waals surface area contributed by atoms with Gasteiger partial charge in [-0.2, -0.15) is 4.98 Å². The molecule has 0 spiro atoms. The highest BCUT2D eigenvalue weighted by molar-refractivity contribution is 7.71. The zero-order valence-corrected chi connectivity index (χ0v) is 16.1. The first-order valence-corrected chi connectivity index (χ1v) is 9.27. The first kappa shape index (κ1) is 19.2. The molecule has 6 nitrogen and oxygen atoms in total. The number of quaternary nitrogens is 1. The molecule has 1 aliphatic rings. The van der Waals surface area contributed by atoms with Crippen molar-refractivity contribution in [3.63, 3.8) is 0 Å². The van der Waals surface area contributed by atoms with E-state index in [9.17, 15) is 0 Å². The summed E-state index contributed by atoms with van der Waals surface area (Å²) >= 11 is 10.5. The highest BCUT2D eigenvalue weighted by Crippen LogP contribution is 2.31. The summed E-state index contributed by atoms with van der Waals surface area (Å²) in [7, 11) is 0. The summed E-state index contributed by atoms with van der Waals surface area (Å²) in [6.07, 6.45) is 5.35. The molecule has 0 bridgehead atoms. The largest absolute Gasteiger partial charge is 0.473 e. The van der Waals surface area contributed by atoms with Gasteiger partial charge in [-0.05, 0) is 57.0 Å². The maximum absolute atomic E-state index is 6.13. The van der Waals surface area contributed by atoms with E-state index in [0.29, 0.717) is 19.8 Å². The van der Waals surface area contributed by atoms with Gasteiger partial charge < -0.3 is 9.72 Å². The molecule has 24 heavy (non-hydrogen) atoms. The lowest BCUT2D eigenvalue weighted by Gasteiger charge is -2.40. The van der Waals surface area contributed by atoms with Gasteiger partial charge in [-0.1, -0.05) is 13.5 Å². The van der Waals surface area contributed by atoms with E-state index < -0.39 is 0 Å². The van der Waals surface area contributed by atoms with Gasteiger partial charge in [0.05, 0.1) is 18.8 Å². The van der Waals surface area contributed by atoms with Crippen LogP contribution in [0.2, 0.25) is 0 Å². The van der Waals surface area contributed by atoms with Crippen LogP contribution >= 0.6 is 24.4 Å². The summed E-state index contributed by atoms with van der Waals surface area (Å²) < 4.78 is 13.1. The molecule has 134 valence electrons. The standard InChI is InChI=1S/C16H26N4O2S2/c1-4-9-20(14-17-15(23)19-16(24)18-14)10-7-5-6-8-13(20)22-11-21-12(2)3/h13H,2,4-11H2,1,3H3,(H-,17,18,19,23,24)/p+1. The number of H-pyrrole nitrogens is 2. The number of hydrogen-bond acceptors (Lipinski definition) is 5. The van der Waals surface area contributed by atoms with Crippen LogP contribution in [0, 0.1) is 9.54 Å². The second-order valence-electron chi connectivity index (χ2n) is 6.24. The van der Waals surface area contributed by atoms with E-state index in [1.807, 2.05) is 6.92 Å². The van der Waals surface area contributed by atoms with Gasteiger partial charge in [0.1, 0.15) is 0 Å². The summed E-state index contributed by atoms with van der Waals surface area (Å²) in [6, 6.07) is 0. The second kappa shape index (κ2) is 8.84. The Balaban J connectivity index is 2.40. The number of aromatic nitrogens is 3. The third-order valence-electron chi connectivity index (χ3n) is 4.32. The van der Waals surface area contributed by atoms with Crippen molar-refractivity contribution in [2.75, 3.05) is 19.9 Å². The van der Waals surface area contributed by atoms with Crippen LogP contribution in [0.3, 0.4) is 0 Å². The minimum atomic E-state index is -0.0400. The van der Waals surface area contributed by atoms with E-state index >= 15 is 0 Å². The summed E-state index contributed by atoms with van der Waals surface area (Å²) in [4.78, 5) is 10.6. The van der Waals surface area contributed by atoms with Crippen molar-refractivity contribution in [2.24, 2.45) is 0 Å². The molecule has 0 saturated carbocycles. The van der Waals surface area contributed by atoms with Gasteiger partial charge in [-0.15, -0.1) is 0 Å². The molecule has 2 heterocycles. The predicted octanol–water partition coefficient (Wildman–Crippen LogP) is 4.34. The summed E-state index contributed by atoms with van der Waals surface area (Å²) in [5, 5.41) is 0. The quantitative estimate of drug-likeness (QED) is 0.323. The van der Waals surface area contributed by atoms with Crippen molar-refractivity contribution in [1.29, 1.82) is 0 Å². The van der Waals surface area contributed by atoms with Crippen molar-refractivity contribution in [2.45, 2.75) is 52.2 Å². The highest BCUT2D eigenvalue weighted by Gasteiger charge is 2.42. The average Bonchev–Trinajstić information content (AvgIpc) is 2.70. The van der Waals surface area contributed by atoms with Crippen LogP contribution in [0.5, 0.6) is 0 Å². The van der Waals surface area contributed by atoms with Gasteiger partial charge >= 0.3 is 5.95 Å². The minimum Gasteiger partial charge on any atom is -0.473 e. The lowest BCUT2D eigenvalue weighted by Crippen LogP contribution is -2.59. The summed E-state index contributed by atoms with van der Waals surface area (Å²) in [6.45, 7) is 9.80. The second-order valence-corrected chi connectivity index (χ2v) is 7.03. The molecule has 1 saturated heterocycles. The number of ether oxygens (including phenoxy) is 2.